The molecule has 5 aliphatic carbocycles. The van der Waals surface area contributed by atoms with E-state index in [1.165, 1.54) is 64.8 Å². The van der Waals surface area contributed by atoms with Crippen LogP contribution in [0.3, 0.4) is 0 Å². The van der Waals surface area contributed by atoms with E-state index in [1.807, 2.05) is 0 Å². The molecule has 7 aromatic carbocycles. The molecule has 14 rings (SSSR count). The summed E-state index contributed by atoms with van der Waals surface area (Å²) in [6.07, 6.45) is 6.94. The van der Waals surface area contributed by atoms with Crippen LogP contribution >= 0.6 is 0 Å². The zero-order valence-electron chi connectivity index (χ0n) is 29.3. The van der Waals surface area contributed by atoms with E-state index in [4.69, 9.17) is 14.4 Å². The van der Waals surface area contributed by atoms with Crippen LogP contribution in [0.15, 0.2) is 138 Å². The number of fused-ring (bicyclic) bond motifs is 13. The van der Waals surface area contributed by atoms with Crippen molar-refractivity contribution in [3.8, 4) is 33.6 Å². The highest BCUT2D eigenvalue weighted by molar-refractivity contribution is 6.29. The fourth-order valence-electron chi connectivity index (χ4n) is 12.3. The standard InChI is InChI=1S/C50H36N2O/c1-2-11-31(12-3-1)45-46(51-47-44-38-16-8-6-14-36(38)37-15-7-9-17-39(37)48(44)53-49(47)52-45)32-19-20-41-40(27-32)43-35-13-5-4-10-30(35)18-21-42(43)50(41)33-23-28-22-29(25-33)26-34(50)24-28/h1-21,27-29,33-34H,22-26H2. The summed E-state index contributed by atoms with van der Waals surface area (Å²) in [6, 6.07) is 49.1. The van der Waals surface area contributed by atoms with E-state index in [2.05, 4.69) is 133 Å². The first-order chi connectivity index (χ1) is 26.2. The van der Waals surface area contributed by atoms with Gasteiger partial charge >= 0.3 is 0 Å². The SMILES string of the molecule is c1ccc(-c2nc3oc4c5ccccc5c5ccccc5c4c3nc2-c2ccc3c(c2)-c2c(ccc4ccccc24)C32C3CC4CC(C3)CC2C4)cc1. The third-order valence-corrected chi connectivity index (χ3v) is 14.0. The third-order valence-electron chi connectivity index (χ3n) is 14.0. The van der Waals surface area contributed by atoms with Gasteiger partial charge in [0.15, 0.2) is 0 Å². The fraction of sp³-hybridized carbons (Fsp3) is 0.200. The Hall–Kier alpha value is -5.80. The van der Waals surface area contributed by atoms with Crippen molar-refractivity contribution in [1.29, 1.82) is 0 Å². The normalized spacial score (nSPS) is 23.9. The van der Waals surface area contributed by atoms with Crippen LogP contribution in [0, 0.1) is 23.7 Å². The molecule has 0 aliphatic heterocycles. The van der Waals surface area contributed by atoms with E-state index in [9.17, 15) is 0 Å². The average molecular weight is 681 g/mol. The van der Waals surface area contributed by atoms with Gasteiger partial charge in [-0.25, -0.2) is 9.97 Å². The summed E-state index contributed by atoms with van der Waals surface area (Å²) >= 11 is 0. The van der Waals surface area contributed by atoms with E-state index in [0.29, 0.717) is 17.5 Å². The summed E-state index contributed by atoms with van der Waals surface area (Å²) in [4.78, 5) is 11.0. The van der Waals surface area contributed by atoms with Crippen LogP contribution in [0.1, 0.15) is 43.2 Å². The predicted molar refractivity (Wildman–Crippen MR) is 216 cm³/mol. The summed E-state index contributed by atoms with van der Waals surface area (Å²) in [5.74, 6) is 3.23. The molecule has 2 heterocycles. The van der Waals surface area contributed by atoms with Gasteiger partial charge in [-0.15, -0.1) is 0 Å². The number of nitrogens with zero attached hydrogens (tertiary/aromatic N) is 2. The zero-order chi connectivity index (χ0) is 34.4. The highest BCUT2D eigenvalue weighted by atomic mass is 16.3. The lowest BCUT2D eigenvalue weighted by atomic mass is 9.43. The van der Waals surface area contributed by atoms with E-state index in [-0.39, 0.29) is 5.41 Å². The van der Waals surface area contributed by atoms with Gasteiger partial charge in [-0.2, -0.15) is 0 Å². The van der Waals surface area contributed by atoms with E-state index in [0.717, 1.165) is 61.6 Å². The maximum absolute atomic E-state index is 6.75. The van der Waals surface area contributed by atoms with Gasteiger partial charge in [0.1, 0.15) is 16.8 Å². The minimum absolute atomic E-state index is 0.0965. The van der Waals surface area contributed by atoms with Gasteiger partial charge in [-0.1, -0.05) is 127 Å². The van der Waals surface area contributed by atoms with Crippen molar-refractivity contribution in [3.05, 3.63) is 145 Å². The summed E-state index contributed by atoms with van der Waals surface area (Å²) in [5, 5.41) is 8.35. The summed E-state index contributed by atoms with van der Waals surface area (Å²) in [6.45, 7) is 0. The molecule has 0 amide bonds. The molecule has 53 heavy (non-hydrogen) atoms. The molecule has 0 N–H and O–H groups in total. The van der Waals surface area contributed by atoms with Gasteiger partial charge in [0.25, 0.3) is 0 Å². The smallest absolute Gasteiger partial charge is 0.246 e. The summed E-state index contributed by atoms with van der Waals surface area (Å²) < 4.78 is 6.75. The van der Waals surface area contributed by atoms with E-state index in [1.54, 1.807) is 11.1 Å². The molecule has 9 aromatic rings. The van der Waals surface area contributed by atoms with Gasteiger partial charge in [0.05, 0.1) is 11.1 Å². The molecule has 4 saturated carbocycles. The van der Waals surface area contributed by atoms with Gasteiger partial charge in [0, 0.05) is 21.9 Å². The first-order valence-electron chi connectivity index (χ1n) is 19.5. The monoisotopic (exact) mass is 680 g/mol. The van der Waals surface area contributed by atoms with Crippen LogP contribution < -0.4 is 0 Å². The number of hydrogen-bond donors (Lipinski definition) is 0. The molecular formula is C50H36N2O. The number of aromatic nitrogens is 2. The van der Waals surface area contributed by atoms with Gasteiger partial charge in [-0.05, 0) is 111 Å². The molecule has 3 heteroatoms. The van der Waals surface area contributed by atoms with Crippen LogP contribution in [-0.4, -0.2) is 9.97 Å². The van der Waals surface area contributed by atoms with Crippen LogP contribution in [-0.2, 0) is 5.41 Å². The molecule has 0 unspecified atom stereocenters. The molecule has 5 aliphatic rings. The maximum atomic E-state index is 6.75. The van der Waals surface area contributed by atoms with Crippen LogP contribution in [0.2, 0.25) is 0 Å². The Morgan fingerprint density at radius 2 is 1.13 bits per heavy atom. The minimum Gasteiger partial charge on any atom is -0.436 e. The Morgan fingerprint density at radius 1 is 0.509 bits per heavy atom. The molecule has 0 atom stereocenters. The van der Waals surface area contributed by atoms with Crippen LogP contribution in [0.5, 0.6) is 0 Å². The molecule has 3 nitrogen and oxygen atoms in total. The fourth-order valence-corrected chi connectivity index (χ4v) is 12.3. The largest absolute Gasteiger partial charge is 0.436 e. The van der Waals surface area contributed by atoms with Crippen molar-refractivity contribution >= 4 is 54.5 Å². The molecule has 0 radical (unpaired) electrons. The molecule has 1 spiro atoms. The first kappa shape index (κ1) is 28.7. The molecular weight excluding hydrogens is 645 g/mol. The molecule has 0 saturated heterocycles. The van der Waals surface area contributed by atoms with Gasteiger partial charge in [0.2, 0.25) is 5.71 Å². The Balaban J connectivity index is 1.12. The second-order valence-corrected chi connectivity index (χ2v) is 16.5. The molecule has 4 bridgehead atoms. The number of furan rings is 1. The molecule has 252 valence electrons. The highest BCUT2D eigenvalue weighted by Crippen LogP contribution is 2.70. The molecule has 2 aromatic heterocycles. The van der Waals surface area contributed by atoms with Gasteiger partial charge in [-0.3, -0.25) is 0 Å². The molecule has 4 fully saturated rings. The van der Waals surface area contributed by atoms with Crippen molar-refractivity contribution in [1.82, 2.24) is 9.97 Å². The lowest BCUT2D eigenvalue weighted by Crippen LogP contribution is -2.55. The third kappa shape index (κ3) is 3.65. The average Bonchev–Trinajstić information content (AvgIpc) is 3.73. The Kier molecular flexibility index (Phi) is 5.53. The number of hydrogen-bond acceptors (Lipinski definition) is 3. The van der Waals surface area contributed by atoms with Crippen molar-refractivity contribution in [2.45, 2.75) is 37.5 Å². The number of rotatable bonds is 2. The predicted octanol–water partition coefficient (Wildman–Crippen LogP) is 12.9. The Bertz CT molecular complexity index is 3000. The Morgan fingerprint density at radius 3 is 1.91 bits per heavy atom. The summed E-state index contributed by atoms with van der Waals surface area (Å²) in [5.41, 5.74) is 12.2. The minimum atomic E-state index is 0.0965. The van der Waals surface area contributed by atoms with Crippen LogP contribution in [0.4, 0.5) is 0 Å². The second kappa shape index (κ2) is 10.2. The van der Waals surface area contributed by atoms with Gasteiger partial charge < -0.3 is 4.42 Å². The maximum Gasteiger partial charge on any atom is 0.246 e. The quantitative estimate of drug-likeness (QED) is 0.171. The topological polar surface area (TPSA) is 38.9 Å². The van der Waals surface area contributed by atoms with E-state index >= 15 is 0 Å². The van der Waals surface area contributed by atoms with E-state index < -0.39 is 0 Å². The van der Waals surface area contributed by atoms with Crippen LogP contribution in [0.25, 0.3) is 88.2 Å². The lowest BCUT2D eigenvalue weighted by molar-refractivity contribution is -0.0399. The zero-order valence-corrected chi connectivity index (χ0v) is 29.3. The van der Waals surface area contributed by atoms with Crippen molar-refractivity contribution in [3.63, 3.8) is 0 Å². The lowest BCUT2D eigenvalue weighted by Gasteiger charge is -2.61. The van der Waals surface area contributed by atoms with Crippen molar-refractivity contribution in [2.24, 2.45) is 23.7 Å². The van der Waals surface area contributed by atoms with Crippen molar-refractivity contribution in [2.75, 3.05) is 0 Å². The summed E-state index contributed by atoms with van der Waals surface area (Å²) in [7, 11) is 0. The Labute approximate surface area is 307 Å². The highest BCUT2D eigenvalue weighted by Gasteiger charge is 2.61. The number of benzene rings is 7. The second-order valence-electron chi connectivity index (χ2n) is 16.5. The first-order valence-corrected chi connectivity index (χ1v) is 19.5. The van der Waals surface area contributed by atoms with Crippen molar-refractivity contribution < 1.29 is 4.42 Å².